The van der Waals surface area contributed by atoms with E-state index in [0.29, 0.717) is 18.2 Å². The number of rotatable bonds is 4. The topological polar surface area (TPSA) is 43.1 Å². The molecule has 2 saturated carbocycles. The van der Waals surface area contributed by atoms with E-state index in [9.17, 15) is 4.79 Å². The van der Waals surface area contributed by atoms with E-state index in [1.807, 2.05) is 6.07 Å². The average molecular weight is 229 g/mol. The van der Waals surface area contributed by atoms with Crippen molar-refractivity contribution in [2.45, 2.75) is 31.6 Å². The van der Waals surface area contributed by atoms with Gasteiger partial charge in [0.15, 0.2) is 0 Å². The largest absolute Gasteiger partial charge is 0.329 e. The highest BCUT2D eigenvalue weighted by Gasteiger charge is 2.53. The summed E-state index contributed by atoms with van der Waals surface area (Å²) in [5, 5.41) is 0. The van der Waals surface area contributed by atoms with Gasteiger partial charge in [-0.1, -0.05) is 36.8 Å². The van der Waals surface area contributed by atoms with Gasteiger partial charge in [0.1, 0.15) is 5.78 Å². The SMILES string of the molecule is NCC1(C(=O)C2CC2c2ccccc2)CCC1. The number of benzene rings is 1. The number of carbonyl (C=O) groups excluding carboxylic acids is 1. The summed E-state index contributed by atoms with van der Waals surface area (Å²) < 4.78 is 0. The minimum absolute atomic E-state index is 0.145. The molecule has 0 amide bonds. The summed E-state index contributed by atoms with van der Waals surface area (Å²) in [7, 11) is 0. The fourth-order valence-electron chi connectivity index (χ4n) is 3.10. The number of carbonyl (C=O) groups is 1. The first kappa shape index (κ1) is 11.0. The van der Waals surface area contributed by atoms with Crippen LogP contribution in [0.4, 0.5) is 0 Å². The summed E-state index contributed by atoms with van der Waals surface area (Å²) in [6, 6.07) is 10.4. The molecule has 0 radical (unpaired) electrons. The quantitative estimate of drug-likeness (QED) is 0.862. The Balaban J connectivity index is 1.71. The van der Waals surface area contributed by atoms with Gasteiger partial charge in [-0.2, -0.15) is 0 Å². The van der Waals surface area contributed by atoms with Gasteiger partial charge in [0.2, 0.25) is 0 Å². The maximum atomic E-state index is 12.4. The van der Waals surface area contributed by atoms with Crippen LogP contribution in [-0.4, -0.2) is 12.3 Å². The van der Waals surface area contributed by atoms with E-state index in [1.165, 1.54) is 12.0 Å². The van der Waals surface area contributed by atoms with E-state index in [-0.39, 0.29) is 11.3 Å². The molecule has 2 N–H and O–H groups in total. The fourth-order valence-corrected chi connectivity index (χ4v) is 3.10. The van der Waals surface area contributed by atoms with Crippen LogP contribution in [0.2, 0.25) is 0 Å². The van der Waals surface area contributed by atoms with Crippen LogP contribution >= 0.6 is 0 Å². The van der Waals surface area contributed by atoms with Crippen molar-refractivity contribution >= 4 is 5.78 Å². The lowest BCUT2D eigenvalue weighted by Gasteiger charge is -2.39. The van der Waals surface area contributed by atoms with Crippen molar-refractivity contribution in [3.05, 3.63) is 35.9 Å². The number of ketones is 1. The summed E-state index contributed by atoms with van der Waals surface area (Å²) in [5.41, 5.74) is 6.97. The van der Waals surface area contributed by atoms with Gasteiger partial charge < -0.3 is 5.73 Å². The first-order valence-electron chi connectivity index (χ1n) is 6.56. The predicted octanol–water partition coefficient (Wildman–Crippen LogP) is 2.49. The van der Waals surface area contributed by atoms with Crippen LogP contribution < -0.4 is 5.73 Å². The molecule has 0 spiro atoms. The Morgan fingerprint density at radius 3 is 2.53 bits per heavy atom. The molecule has 0 aliphatic heterocycles. The van der Waals surface area contributed by atoms with Crippen molar-refractivity contribution in [1.29, 1.82) is 0 Å². The first-order valence-corrected chi connectivity index (χ1v) is 6.56. The molecule has 1 aromatic carbocycles. The van der Waals surface area contributed by atoms with Crippen molar-refractivity contribution in [3.63, 3.8) is 0 Å². The maximum Gasteiger partial charge on any atom is 0.143 e. The number of hydrogen-bond acceptors (Lipinski definition) is 2. The van der Waals surface area contributed by atoms with Gasteiger partial charge in [0, 0.05) is 17.9 Å². The van der Waals surface area contributed by atoms with Crippen LogP contribution in [0.5, 0.6) is 0 Å². The van der Waals surface area contributed by atoms with E-state index in [4.69, 9.17) is 5.73 Å². The molecule has 2 aliphatic rings. The highest BCUT2D eigenvalue weighted by atomic mass is 16.1. The third-order valence-corrected chi connectivity index (χ3v) is 4.58. The summed E-state index contributed by atoms with van der Waals surface area (Å²) in [6.45, 7) is 0.545. The second kappa shape index (κ2) is 3.95. The lowest BCUT2D eigenvalue weighted by molar-refractivity contribution is -0.134. The Kier molecular flexibility index (Phi) is 2.55. The third-order valence-electron chi connectivity index (χ3n) is 4.58. The molecule has 2 nitrogen and oxygen atoms in total. The van der Waals surface area contributed by atoms with Crippen molar-refractivity contribution in [2.75, 3.05) is 6.54 Å². The molecule has 2 fully saturated rings. The average Bonchev–Trinajstić information content (AvgIpc) is 3.09. The number of hydrogen-bond donors (Lipinski definition) is 1. The minimum Gasteiger partial charge on any atom is -0.329 e. The molecular formula is C15H19NO. The van der Waals surface area contributed by atoms with Gasteiger partial charge in [-0.3, -0.25) is 4.79 Å². The summed E-state index contributed by atoms with van der Waals surface area (Å²) in [4.78, 5) is 12.4. The molecule has 2 atom stereocenters. The van der Waals surface area contributed by atoms with Gasteiger partial charge >= 0.3 is 0 Å². The van der Waals surface area contributed by atoms with E-state index in [2.05, 4.69) is 24.3 Å². The van der Waals surface area contributed by atoms with Crippen molar-refractivity contribution in [1.82, 2.24) is 0 Å². The minimum atomic E-state index is -0.145. The molecule has 1 aromatic rings. The van der Waals surface area contributed by atoms with E-state index in [0.717, 1.165) is 19.3 Å². The standard InChI is InChI=1S/C15H19NO/c16-10-15(7-4-8-15)14(17)13-9-12(13)11-5-2-1-3-6-11/h1-3,5-6,12-13H,4,7-10,16H2. The highest BCUT2D eigenvalue weighted by molar-refractivity contribution is 5.91. The van der Waals surface area contributed by atoms with Crippen LogP contribution in [0, 0.1) is 11.3 Å². The van der Waals surface area contributed by atoms with Crippen LogP contribution in [-0.2, 0) is 4.79 Å². The second-order valence-corrected chi connectivity index (χ2v) is 5.56. The fraction of sp³-hybridized carbons (Fsp3) is 0.533. The Morgan fingerprint density at radius 1 is 1.29 bits per heavy atom. The van der Waals surface area contributed by atoms with E-state index >= 15 is 0 Å². The monoisotopic (exact) mass is 229 g/mol. The molecule has 2 heteroatoms. The van der Waals surface area contributed by atoms with Crippen molar-refractivity contribution in [2.24, 2.45) is 17.1 Å². The van der Waals surface area contributed by atoms with Crippen LogP contribution in [0.15, 0.2) is 30.3 Å². The molecule has 17 heavy (non-hydrogen) atoms. The Morgan fingerprint density at radius 2 is 2.00 bits per heavy atom. The molecule has 0 saturated heterocycles. The zero-order valence-electron chi connectivity index (χ0n) is 10.1. The molecule has 2 unspecified atom stereocenters. The summed E-state index contributed by atoms with van der Waals surface area (Å²) in [5.74, 6) is 1.16. The van der Waals surface area contributed by atoms with E-state index in [1.54, 1.807) is 0 Å². The lowest BCUT2D eigenvalue weighted by atomic mass is 9.64. The Labute approximate surface area is 102 Å². The predicted molar refractivity (Wildman–Crippen MR) is 67.6 cm³/mol. The molecule has 3 rings (SSSR count). The number of Topliss-reactive ketones (excluding diaryl/α,β-unsaturated/α-hetero) is 1. The molecular weight excluding hydrogens is 210 g/mol. The molecule has 0 aromatic heterocycles. The van der Waals surface area contributed by atoms with E-state index < -0.39 is 0 Å². The van der Waals surface area contributed by atoms with Crippen LogP contribution in [0.1, 0.15) is 37.2 Å². The molecule has 0 bridgehead atoms. The van der Waals surface area contributed by atoms with Crippen molar-refractivity contribution < 1.29 is 4.79 Å². The highest BCUT2D eigenvalue weighted by Crippen LogP contribution is 2.54. The van der Waals surface area contributed by atoms with Crippen LogP contribution in [0.3, 0.4) is 0 Å². The van der Waals surface area contributed by atoms with Gasteiger partial charge in [-0.05, 0) is 30.7 Å². The zero-order chi connectivity index (χ0) is 11.9. The summed E-state index contributed by atoms with van der Waals surface area (Å²) in [6.07, 6.45) is 4.23. The normalized spacial score (nSPS) is 29.5. The molecule has 0 heterocycles. The Bertz CT molecular complexity index is 416. The van der Waals surface area contributed by atoms with Gasteiger partial charge in [-0.15, -0.1) is 0 Å². The summed E-state index contributed by atoms with van der Waals surface area (Å²) >= 11 is 0. The maximum absolute atomic E-state index is 12.4. The van der Waals surface area contributed by atoms with Gasteiger partial charge in [0.05, 0.1) is 0 Å². The smallest absolute Gasteiger partial charge is 0.143 e. The third kappa shape index (κ3) is 1.71. The zero-order valence-corrected chi connectivity index (χ0v) is 10.1. The number of nitrogens with two attached hydrogens (primary N) is 1. The first-order chi connectivity index (χ1) is 8.27. The van der Waals surface area contributed by atoms with Gasteiger partial charge in [-0.25, -0.2) is 0 Å². The Hall–Kier alpha value is -1.15. The van der Waals surface area contributed by atoms with Gasteiger partial charge in [0.25, 0.3) is 0 Å². The molecule has 90 valence electrons. The lowest BCUT2D eigenvalue weighted by Crippen LogP contribution is -2.45. The van der Waals surface area contributed by atoms with Crippen molar-refractivity contribution in [3.8, 4) is 0 Å². The second-order valence-electron chi connectivity index (χ2n) is 5.56. The molecule has 2 aliphatic carbocycles. The van der Waals surface area contributed by atoms with Crippen LogP contribution in [0.25, 0.3) is 0 Å².